The van der Waals surface area contributed by atoms with Gasteiger partial charge < -0.3 is 9.53 Å². The second-order valence-electron chi connectivity index (χ2n) is 4.35. The first-order chi connectivity index (χ1) is 6.18. The molecule has 0 N–H and O–H groups in total. The maximum atomic E-state index is 11.1. The number of rotatable bonds is 1. The summed E-state index contributed by atoms with van der Waals surface area (Å²) in [4.78, 5) is 11.1. The van der Waals surface area contributed by atoms with E-state index in [1.165, 1.54) is 11.1 Å². The molecule has 2 rings (SSSR count). The summed E-state index contributed by atoms with van der Waals surface area (Å²) in [6.07, 6.45) is 3.93. The van der Waals surface area contributed by atoms with E-state index in [2.05, 4.69) is 13.8 Å². The summed E-state index contributed by atoms with van der Waals surface area (Å²) in [6, 6.07) is 0. The van der Waals surface area contributed by atoms with E-state index < -0.39 is 5.60 Å². The lowest BCUT2D eigenvalue weighted by Gasteiger charge is -2.34. The van der Waals surface area contributed by atoms with Gasteiger partial charge >= 0.3 is 0 Å². The van der Waals surface area contributed by atoms with Crippen molar-refractivity contribution >= 4 is 6.29 Å². The number of hydrogen-bond acceptors (Lipinski definition) is 2. The second-order valence-corrected chi connectivity index (χ2v) is 4.35. The Morgan fingerprint density at radius 3 is 2.92 bits per heavy atom. The topological polar surface area (TPSA) is 26.3 Å². The molecule has 2 heteroatoms. The minimum Gasteiger partial charge on any atom is -0.367 e. The summed E-state index contributed by atoms with van der Waals surface area (Å²) < 4.78 is 5.61. The molecule has 0 aromatic rings. The van der Waals surface area contributed by atoms with Gasteiger partial charge in [0, 0.05) is 18.9 Å². The molecule has 0 radical (unpaired) electrons. The highest BCUT2D eigenvalue weighted by atomic mass is 16.5. The number of ether oxygens (including phenoxy) is 1. The van der Waals surface area contributed by atoms with E-state index in [9.17, 15) is 4.79 Å². The first-order valence-corrected chi connectivity index (χ1v) is 4.93. The number of carbonyl (C=O) groups is 1. The molecule has 0 amide bonds. The number of allylic oxidation sites excluding steroid dienone is 1. The third-order valence-corrected chi connectivity index (χ3v) is 3.55. The Labute approximate surface area is 79.0 Å². The quantitative estimate of drug-likeness (QED) is 0.456. The second kappa shape index (κ2) is 2.95. The molecule has 0 saturated carbocycles. The van der Waals surface area contributed by atoms with Crippen molar-refractivity contribution in [3.8, 4) is 0 Å². The Kier molecular flexibility index (Phi) is 2.03. The Balaban J connectivity index is 2.31. The van der Waals surface area contributed by atoms with Crippen LogP contribution >= 0.6 is 0 Å². The van der Waals surface area contributed by atoms with Crippen molar-refractivity contribution in [2.24, 2.45) is 5.92 Å². The summed E-state index contributed by atoms with van der Waals surface area (Å²) in [5, 5.41) is 0. The highest BCUT2D eigenvalue weighted by molar-refractivity contribution is 5.65. The molecule has 1 heterocycles. The van der Waals surface area contributed by atoms with Crippen LogP contribution in [0.2, 0.25) is 0 Å². The van der Waals surface area contributed by atoms with Gasteiger partial charge in [-0.25, -0.2) is 0 Å². The van der Waals surface area contributed by atoms with Gasteiger partial charge in [-0.3, -0.25) is 0 Å². The Bertz CT molecular complexity index is 267. The predicted octanol–water partition coefficient (Wildman–Crippen LogP) is 2.09. The van der Waals surface area contributed by atoms with Crippen LogP contribution in [-0.4, -0.2) is 18.5 Å². The summed E-state index contributed by atoms with van der Waals surface area (Å²) in [6.45, 7) is 5.03. The maximum absolute atomic E-state index is 11.1. The van der Waals surface area contributed by atoms with Crippen molar-refractivity contribution in [3.05, 3.63) is 11.1 Å². The van der Waals surface area contributed by atoms with Crippen molar-refractivity contribution in [1.82, 2.24) is 0 Å². The van der Waals surface area contributed by atoms with Crippen LogP contribution in [0.15, 0.2) is 11.1 Å². The van der Waals surface area contributed by atoms with E-state index in [-0.39, 0.29) is 0 Å². The lowest BCUT2D eigenvalue weighted by Crippen LogP contribution is -2.40. The van der Waals surface area contributed by atoms with Crippen LogP contribution in [0.5, 0.6) is 0 Å². The zero-order valence-electron chi connectivity index (χ0n) is 8.30. The smallest absolute Gasteiger partial charge is 0.152 e. The van der Waals surface area contributed by atoms with Gasteiger partial charge in [0.2, 0.25) is 0 Å². The fourth-order valence-electron chi connectivity index (χ4n) is 2.50. The highest BCUT2D eigenvalue weighted by Crippen LogP contribution is 2.44. The molecule has 13 heavy (non-hydrogen) atoms. The van der Waals surface area contributed by atoms with E-state index in [4.69, 9.17) is 4.74 Å². The van der Waals surface area contributed by atoms with Gasteiger partial charge in [0.05, 0.1) is 0 Å². The first kappa shape index (κ1) is 8.95. The monoisotopic (exact) mass is 180 g/mol. The van der Waals surface area contributed by atoms with Crippen LogP contribution in [0.4, 0.5) is 0 Å². The van der Waals surface area contributed by atoms with Crippen molar-refractivity contribution in [3.63, 3.8) is 0 Å². The standard InChI is InChI=1S/C11H16O2/c1-8-5-10-3-4-13-11(10,7-12)6-9(8)2/h7,10H,3-6H2,1-2H3. The van der Waals surface area contributed by atoms with E-state index in [0.29, 0.717) is 5.92 Å². The molecule has 2 nitrogen and oxygen atoms in total. The molecule has 2 atom stereocenters. The molecule has 1 aliphatic heterocycles. The van der Waals surface area contributed by atoms with E-state index >= 15 is 0 Å². The zero-order valence-corrected chi connectivity index (χ0v) is 8.30. The van der Waals surface area contributed by atoms with Crippen LogP contribution in [0.25, 0.3) is 0 Å². The molecule has 1 saturated heterocycles. The molecule has 0 spiro atoms. The normalized spacial score (nSPS) is 39.1. The molecule has 0 bridgehead atoms. The molecule has 1 aliphatic carbocycles. The summed E-state index contributed by atoms with van der Waals surface area (Å²) >= 11 is 0. The third-order valence-electron chi connectivity index (χ3n) is 3.55. The van der Waals surface area contributed by atoms with Gasteiger partial charge in [0.15, 0.2) is 6.29 Å². The molecule has 0 aromatic heterocycles. The van der Waals surface area contributed by atoms with Crippen LogP contribution in [0.3, 0.4) is 0 Å². The van der Waals surface area contributed by atoms with E-state index in [1.54, 1.807) is 0 Å². The highest BCUT2D eigenvalue weighted by Gasteiger charge is 2.46. The van der Waals surface area contributed by atoms with Crippen LogP contribution in [-0.2, 0) is 9.53 Å². The summed E-state index contributed by atoms with van der Waals surface area (Å²) in [5.74, 6) is 0.439. The molecule has 2 unspecified atom stereocenters. The van der Waals surface area contributed by atoms with Crippen LogP contribution in [0, 0.1) is 5.92 Å². The van der Waals surface area contributed by atoms with Crippen LogP contribution in [0.1, 0.15) is 33.1 Å². The number of fused-ring (bicyclic) bond motifs is 1. The summed E-state index contributed by atoms with van der Waals surface area (Å²) in [5.41, 5.74) is 2.34. The van der Waals surface area contributed by atoms with Crippen molar-refractivity contribution in [2.45, 2.75) is 38.7 Å². The average molecular weight is 180 g/mol. The van der Waals surface area contributed by atoms with Gasteiger partial charge in [0.25, 0.3) is 0 Å². The van der Waals surface area contributed by atoms with E-state index in [0.717, 1.165) is 32.2 Å². The number of hydrogen-bond donors (Lipinski definition) is 0. The van der Waals surface area contributed by atoms with Crippen molar-refractivity contribution in [2.75, 3.05) is 6.61 Å². The maximum Gasteiger partial charge on any atom is 0.152 e. The van der Waals surface area contributed by atoms with Crippen LogP contribution < -0.4 is 0 Å². The summed E-state index contributed by atoms with van der Waals surface area (Å²) in [7, 11) is 0. The molecular formula is C11H16O2. The third kappa shape index (κ3) is 1.24. The fourth-order valence-corrected chi connectivity index (χ4v) is 2.50. The van der Waals surface area contributed by atoms with Gasteiger partial charge in [-0.1, -0.05) is 11.1 Å². The van der Waals surface area contributed by atoms with Gasteiger partial charge in [-0.2, -0.15) is 0 Å². The molecule has 72 valence electrons. The van der Waals surface area contributed by atoms with Crippen molar-refractivity contribution in [1.29, 1.82) is 0 Å². The largest absolute Gasteiger partial charge is 0.367 e. The average Bonchev–Trinajstić information content (AvgIpc) is 2.49. The number of aldehydes is 1. The van der Waals surface area contributed by atoms with E-state index in [1.807, 2.05) is 0 Å². The predicted molar refractivity (Wildman–Crippen MR) is 50.5 cm³/mol. The van der Waals surface area contributed by atoms with Gasteiger partial charge in [-0.15, -0.1) is 0 Å². The minimum absolute atomic E-state index is 0.439. The Morgan fingerprint density at radius 2 is 2.23 bits per heavy atom. The van der Waals surface area contributed by atoms with Crippen molar-refractivity contribution < 1.29 is 9.53 Å². The Morgan fingerprint density at radius 1 is 1.46 bits per heavy atom. The lowest BCUT2D eigenvalue weighted by molar-refractivity contribution is -0.129. The molecule has 2 aliphatic rings. The SMILES string of the molecule is CC1=C(C)CC2(C=O)OCCC2C1. The minimum atomic E-state index is -0.455. The first-order valence-electron chi connectivity index (χ1n) is 4.93. The molecule has 1 fully saturated rings. The Hall–Kier alpha value is -0.630. The van der Waals surface area contributed by atoms with Gasteiger partial charge in [-0.05, 0) is 26.7 Å². The number of carbonyl (C=O) groups excluding carboxylic acids is 1. The molecular weight excluding hydrogens is 164 g/mol. The zero-order chi connectivity index (χ0) is 9.47. The lowest BCUT2D eigenvalue weighted by atomic mass is 9.74. The molecule has 0 aromatic carbocycles. The van der Waals surface area contributed by atoms with Gasteiger partial charge in [0.1, 0.15) is 5.60 Å². The fraction of sp³-hybridized carbons (Fsp3) is 0.727.